The maximum Gasteiger partial charge on any atom is 0.343 e. The Morgan fingerprint density at radius 3 is 1.85 bits per heavy atom. The molecular weight excluding hydrogens is 761 g/mol. The summed E-state index contributed by atoms with van der Waals surface area (Å²) in [5.74, 6) is 1.97. The Bertz CT molecular complexity index is 2280. The van der Waals surface area contributed by atoms with Crippen LogP contribution in [0.2, 0.25) is 0 Å². The van der Waals surface area contributed by atoms with E-state index < -0.39 is 11.9 Å². The summed E-state index contributed by atoms with van der Waals surface area (Å²) in [6.45, 7) is 11.6. The van der Waals surface area contributed by atoms with E-state index in [0.717, 1.165) is 104 Å². The van der Waals surface area contributed by atoms with Gasteiger partial charge in [-0.1, -0.05) is 37.1 Å². The van der Waals surface area contributed by atoms with Gasteiger partial charge in [-0.3, -0.25) is 0 Å². The van der Waals surface area contributed by atoms with Gasteiger partial charge in [0.15, 0.2) is 23.0 Å². The molecule has 4 aromatic heterocycles. The van der Waals surface area contributed by atoms with Crippen LogP contribution in [0.3, 0.4) is 0 Å². The molecule has 0 aliphatic carbocycles. The number of aliphatic hydroxyl groups excluding tert-OH is 2. The molecule has 0 aromatic carbocycles. The summed E-state index contributed by atoms with van der Waals surface area (Å²) in [5, 5.41) is 20.3. The van der Waals surface area contributed by atoms with Crippen molar-refractivity contribution in [1.29, 1.82) is 0 Å². The second kappa shape index (κ2) is 20.4. The van der Waals surface area contributed by atoms with Crippen molar-refractivity contribution in [2.45, 2.75) is 118 Å². The van der Waals surface area contributed by atoms with Crippen LogP contribution in [0.5, 0.6) is 0 Å². The number of ether oxygens (including phenoxy) is 2. The summed E-state index contributed by atoms with van der Waals surface area (Å²) < 4.78 is 34.3. The second-order valence-electron chi connectivity index (χ2n) is 16.5. The summed E-state index contributed by atoms with van der Waals surface area (Å²) in [5.41, 5.74) is 7.36. The highest BCUT2D eigenvalue weighted by atomic mass is 16.6. The van der Waals surface area contributed by atoms with E-state index in [2.05, 4.69) is 52.0 Å². The molecule has 0 bridgehead atoms. The number of furan rings is 4. The van der Waals surface area contributed by atoms with Crippen LogP contribution in [0.4, 0.5) is 0 Å². The smallest absolute Gasteiger partial charge is 0.343 e. The highest BCUT2D eigenvalue weighted by molar-refractivity contribution is 5.93. The molecule has 2 aliphatic heterocycles. The maximum absolute atomic E-state index is 11.8. The first-order chi connectivity index (χ1) is 28.9. The van der Waals surface area contributed by atoms with E-state index in [4.69, 9.17) is 27.1 Å². The molecule has 0 amide bonds. The van der Waals surface area contributed by atoms with Crippen molar-refractivity contribution in [2.24, 2.45) is 11.8 Å². The Morgan fingerprint density at radius 2 is 1.32 bits per heavy atom. The molecule has 0 saturated heterocycles. The Labute approximate surface area is 352 Å². The Kier molecular flexibility index (Phi) is 14.8. The highest BCUT2D eigenvalue weighted by Crippen LogP contribution is 2.38. The first-order valence-corrected chi connectivity index (χ1v) is 21.1. The lowest BCUT2D eigenvalue weighted by atomic mass is 9.91. The molecule has 60 heavy (non-hydrogen) atoms. The molecule has 4 aromatic rings. The van der Waals surface area contributed by atoms with Crippen LogP contribution in [0.25, 0.3) is 0 Å². The minimum atomic E-state index is -0.489. The number of rotatable bonds is 21. The minimum Gasteiger partial charge on any atom is -0.504 e. The van der Waals surface area contributed by atoms with Crippen LogP contribution in [-0.4, -0.2) is 22.2 Å². The quantitative estimate of drug-likeness (QED) is 0.0615. The molecule has 3 atom stereocenters. The standard InChI is InChI=1S/C50H58O10/c1-31(11-7-15-33(3)23-43-46(51)35(5)49(53)59-43)13-9-17-37-26-42(57-29-37)45(40-20-22-56-30-40)48-39(27-41(58-48)25-38-19-21-55-28-38)18-10-14-32(2)12-8-16-34(4)24-44-47(52)36(6)50(54)60-44/h13-14,19-24,26-30,33-34,45,51-52H,7-12,15-18,25H2,1-6H3. The second-order valence-corrected chi connectivity index (χ2v) is 16.5. The zero-order valence-electron chi connectivity index (χ0n) is 35.7. The van der Waals surface area contributed by atoms with E-state index in [-0.39, 0.29) is 51.9 Å². The lowest BCUT2D eigenvalue weighted by Crippen LogP contribution is -2.03. The Hall–Kier alpha value is -5.90. The fourth-order valence-corrected chi connectivity index (χ4v) is 7.68. The van der Waals surface area contributed by atoms with E-state index in [0.29, 0.717) is 6.42 Å². The minimum absolute atomic E-state index is 0.0583. The number of hydrogen-bond donors (Lipinski definition) is 2. The fourth-order valence-electron chi connectivity index (χ4n) is 7.68. The van der Waals surface area contributed by atoms with Crippen molar-refractivity contribution >= 4 is 11.9 Å². The van der Waals surface area contributed by atoms with Gasteiger partial charge < -0.3 is 37.4 Å². The van der Waals surface area contributed by atoms with E-state index in [1.54, 1.807) is 38.9 Å². The van der Waals surface area contributed by atoms with Gasteiger partial charge >= 0.3 is 11.9 Å². The lowest BCUT2D eigenvalue weighted by Gasteiger charge is -2.13. The van der Waals surface area contributed by atoms with Crippen molar-refractivity contribution in [2.75, 3.05) is 0 Å². The predicted octanol–water partition coefficient (Wildman–Crippen LogP) is 12.7. The van der Waals surface area contributed by atoms with Gasteiger partial charge in [0, 0.05) is 12.0 Å². The monoisotopic (exact) mass is 818 g/mol. The van der Waals surface area contributed by atoms with E-state index in [1.165, 1.54) is 11.1 Å². The molecule has 6 rings (SSSR count). The predicted molar refractivity (Wildman–Crippen MR) is 228 cm³/mol. The van der Waals surface area contributed by atoms with Crippen LogP contribution in [0, 0.1) is 11.8 Å². The molecule has 0 radical (unpaired) electrons. The van der Waals surface area contributed by atoms with Crippen LogP contribution >= 0.6 is 0 Å². The summed E-state index contributed by atoms with van der Waals surface area (Å²) >= 11 is 0. The Balaban J connectivity index is 1.07. The average molecular weight is 819 g/mol. The number of allylic oxidation sites excluding steroid dienone is 6. The third-order valence-corrected chi connectivity index (χ3v) is 11.3. The molecular formula is C50H58O10. The normalized spacial score (nSPS) is 18.0. The van der Waals surface area contributed by atoms with E-state index in [9.17, 15) is 19.8 Å². The van der Waals surface area contributed by atoms with Gasteiger partial charge in [0.2, 0.25) is 0 Å². The van der Waals surface area contributed by atoms with Crippen molar-refractivity contribution in [3.05, 3.63) is 165 Å². The number of aliphatic hydroxyl groups is 2. The highest BCUT2D eigenvalue weighted by Gasteiger charge is 2.30. The molecule has 2 aliphatic rings. The van der Waals surface area contributed by atoms with Gasteiger partial charge in [-0.2, -0.15) is 0 Å². The largest absolute Gasteiger partial charge is 0.504 e. The SMILES string of the molecule is CC(=CCCc1coc(C(c2ccoc2)c2oc(Cc3ccoc3)cc2CCC=C(C)CCCC(C)C=C2OC(=O)C(C)=C2O)c1)CCCC(C)C=C1OC(=O)C(C)=C1O. The Morgan fingerprint density at radius 1 is 0.733 bits per heavy atom. The van der Waals surface area contributed by atoms with Crippen molar-refractivity contribution < 1.29 is 46.9 Å². The van der Waals surface area contributed by atoms with Crippen molar-refractivity contribution in [3.8, 4) is 0 Å². The fraction of sp³-hybridized carbons (Fsp3) is 0.400. The van der Waals surface area contributed by atoms with Crippen molar-refractivity contribution in [1.82, 2.24) is 0 Å². The summed E-state index contributed by atoms with van der Waals surface area (Å²) in [6, 6.07) is 8.22. The molecule has 10 nitrogen and oxygen atoms in total. The third-order valence-electron chi connectivity index (χ3n) is 11.3. The van der Waals surface area contributed by atoms with E-state index in [1.807, 2.05) is 30.5 Å². The molecule has 10 heteroatoms. The number of carbonyl (C=O) groups excluding carboxylic acids is 2. The molecule has 318 valence electrons. The van der Waals surface area contributed by atoms with Gasteiger partial charge in [-0.15, -0.1) is 0 Å². The number of carbonyl (C=O) groups is 2. The lowest BCUT2D eigenvalue weighted by molar-refractivity contribution is -0.134. The molecule has 6 heterocycles. The van der Waals surface area contributed by atoms with Gasteiger partial charge in [-0.05, 0) is 157 Å². The maximum atomic E-state index is 11.8. The van der Waals surface area contributed by atoms with Gasteiger partial charge in [0.1, 0.15) is 23.2 Å². The molecule has 0 spiro atoms. The number of hydrogen-bond acceptors (Lipinski definition) is 10. The van der Waals surface area contributed by atoms with Crippen LogP contribution < -0.4 is 0 Å². The zero-order valence-corrected chi connectivity index (χ0v) is 35.7. The first-order valence-electron chi connectivity index (χ1n) is 21.1. The zero-order chi connectivity index (χ0) is 42.8. The number of aryl methyl sites for hydroxylation is 2. The third kappa shape index (κ3) is 11.4. The van der Waals surface area contributed by atoms with Gasteiger partial charge in [0.05, 0.1) is 42.5 Å². The van der Waals surface area contributed by atoms with Crippen LogP contribution in [0.1, 0.15) is 138 Å². The summed E-state index contributed by atoms with van der Waals surface area (Å²) in [4.78, 5) is 23.5. The van der Waals surface area contributed by atoms with Crippen LogP contribution in [-0.2, 0) is 38.3 Å². The van der Waals surface area contributed by atoms with Gasteiger partial charge in [0.25, 0.3) is 0 Å². The molecule has 0 fully saturated rings. The number of cyclic esters (lactones) is 2. The first kappa shape index (κ1) is 43.7. The molecule has 0 saturated carbocycles. The number of esters is 2. The van der Waals surface area contributed by atoms with Crippen LogP contribution in [0.15, 0.2) is 143 Å². The van der Waals surface area contributed by atoms with Gasteiger partial charge in [-0.25, -0.2) is 9.59 Å². The van der Waals surface area contributed by atoms with E-state index >= 15 is 0 Å². The molecule has 2 N–H and O–H groups in total. The summed E-state index contributed by atoms with van der Waals surface area (Å²) in [6.07, 6.45) is 26.6. The summed E-state index contributed by atoms with van der Waals surface area (Å²) in [7, 11) is 0. The average Bonchev–Trinajstić information content (AvgIpc) is 4.09. The molecule has 3 unspecified atom stereocenters. The topological polar surface area (TPSA) is 146 Å². The van der Waals surface area contributed by atoms with Crippen molar-refractivity contribution in [3.63, 3.8) is 0 Å².